The highest BCUT2D eigenvalue weighted by atomic mass is 19.4. The van der Waals surface area contributed by atoms with Gasteiger partial charge in [-0.3, -0.25) is 4.79 Å². The maximum Gasteiger partial charge on any atom is 0.416 e. The average Bonchev–Trinajstić information content (AvgIpc) is 3.05. The van der Waals surface area contributed by atoms with E-state index in [1.54, 1.807) is 17.7 Å². The van der Waals surface area contributed by atoms with Crippen LogP contribution in [0.3, 0.4) is 0 Å². The molecule has 0 spiro atoms. The van der Waals surface area contributed by atoms with Gasteiger partial charge in [-0.05, 0) is 44.0 Å². The molecule has 0 aliphatic carbocycles. The predicted molar refractivity (Wildman–Crippen MR) is 106 cm³/mol. The van der Waals surface area contributed by atoms with Gasteiger partial charge in [0.25, 0.3) is 0 Å². The van der Waals surface area contributed by atoms with Gasteiger partial charge in [0.2, 0.25) is 0 Å². The first-order chi connectivity index (χ1) is 13.7. The number of aromatic nitrogens is 2. The van der Waals surface area contributed by atoms with Crippen molar-refractivity contribution in [3.63, 3.8) is 0 Å². The molecule has 0 aliphatic heterocycles. The highest BCUT2D eigenvalue weighted by Crippen LogP contribution is 2.30. The number of hydrogen-bond donors (Lipinski definition) is 0. The topological polar surface area (TPSA) is 47.2 Å². The van der Waals surface area contributed by atoms with Gasteiger partial charge in [0.1, 0.15) is 0 Å². The minimum Gasteiger partial charge on any atom is -0.294 e. The van der Waals surface area contributed by atoms with Gasteiger partial charge in [0.05, 0.1) is 23.0 Å². The fourth-order valence-corrected chi connectivity index (χ4v) is 3.05. The molecule has 0 radical (unpaired) electrons. The molecule has 3 rings (SSSR count). The highest BCUT2D eigenvalue weighted by Gasteiger charge is 2.30. The maximum absolute atomic E-state index is 13.0. The molecule has 0 bridgehead atoms. The van der Waals surface area contributed by atoms with Crippen molar-refractivity contribution in [1.82, 2.24) is 9.78 Å². The van der Waals surface area contributed by atoms with Crippen molar-refractivity contribution in [3.05, 3.63) is 77.0 Å². The van der Waals surface area contributed by atoms with Crippen molar-refractivity contribution in [2.75, 3.05) is 0 Å². The third-order valence-corrected chi connectivity index (χ3v) is 4.48. The first kappa shape index (κ1) is 20.5. The Balaban J connectivity index is 2.00. The van der Waals surface area contributed by atoms with E-state index in [4.69, 9.17) is 0 Å². The molecule has 3 aromatic rings. The lowest BCUT2D eigenvalue weighted by Crippen LogP contribution is -2.07. The van der Waals surface area contributed by atoms with E-state index < -0.39 is 11.7 Å². The van der Waals surface area contributed by atoms with E-state index in [9.17, 15) is 18.0 Å². The zero-order valence-electron chi connectivity index (χ0n) is 16.3. The summed E-state index contributed by atoms with van der Waals surface area (Å²) < 4.78 is 40.4. The number of carbonyl (C=O) groups excluding carboxylic acids is 1. The lowest BCUT2D eigenvalue weighted by molar-refractivity contribution is -0.137. The number of para-hydroxylation sites is 1. The average molecular weight is 399 g/mol. The predicted octanol–water partition coefficient (Wildman–Crippen LogP) is 5.74. The molecule has 29 heavy (non-hydrogen) atoms. The molecule has 0 unspecified atom stereocenters. The van der Waals surface area contributed by atoms with Crippen molar-refractivity contribution >= 4 is 17.3 Å². The molecule has 1 aromatic heterocycles. The minimum absolute atomic E-state index is 0.185. The molecule has 2 aromatic carbocycles. The number of aliphatic imine (C=N–C) groups is 1. The number of nitrogens with zero attached hydrogens (tertiary/aromatic N) is 3. The standard InChI is InChI=1S/C22H20F3N3O/c1-14-7-4-5-10-20(14)28-21(19(13-26-28)16(3)29)27-15(2)11-17-8-6-9-18(12-17)22(23,24)25/h4-10,12-13H,11H2,1-3H3. The van der Waals surface area contributed by atoms with Crippen LogP contribution in [0.5, 0.6) is 0 Å². The fraction of sp³-hybridized carbons (Fsp3) is 0.227. The Hall–Kier alpha value is -3.22. The van der Waals surface area contributed by atoms with Crippen LogP contribution in [0.25, 0.3) is 5.69 Å². The molecule has 0 aliphatic rings. The Bertz CT molecular complexity index is 1080. The van der Waals surface area contributed by atoms with Gasteiger partial charge < -0.3 is 0 Å². The van der Waals surface area contributed by atoms with Crippen molar-refractivity contribution < 1.29 is 18.0 Å². The Morgan fingerprint density at radius 1 is 1.10 bits per heavy atom. The van der Waals surface area contributed by atoms with E-state index >= 15 is 0 Å². The zero-order chi connectivity index (χ0) is 21.2. The van der Waals surface area contributed by atoms with Gasteiger partial charge in [-0.2, -0.15) is 18.3 Å². The van der Waals surface area contributed by atoms with Crippen molar-refractivity contribution in [1.29, 1.82) is 0 Å². The van der Waals surface area contributed by atoms with Crippen LogP contribution >= 0.6 is 0 Å². The molecule has 1 heterocycles. The monoisotopic (exact) mass is 399 g/mol. The fourth-order valence-electron chi connectivity index (χ4n) is 3.05. The first-order valence-corrected chi connectivity index (χ1v) is 9.02. The van der Waals surface area contributed by atoms with E-state index in [-0.39, 0.29) is 12.2 Å². The summed E-state index contributed by atoms with van der Waals surface area (Å²) in [6.45, 7) is 5.08. The number of carbonyl (C=O) groups is 1. The first-order valence-electron chi connectivity index (χ1n) is 9.02. The second-order valence-electron chi connectivity index (χ2n) is 6.86. The highest BCUT2D eigenvalue weighted by molar-refractivity contribution is 5.99. The van der Waals surface area contributed by atoms with Gasteiger partial charge in [-0.15, -0.1) is 0 Å². The molecular weight excluding hydrogens is 379 g/mol. The second-order valence-corrected chi connectivity index (χ2v) is 6.86. The summed E-state index contributed by atoms with van der Waals surface area (Å²) in [6.07, 6.45) is -2.71. The number of aryl methyl sites for hydroxylation is 1. The SMILES string of the molecule is CC(=O)c1cnn(-c2ccccc2C)c1N=C(C)Cc1cccc(C(F)(F)F)c1. The Kier molecular flexibility index (Phi) is 5.68. The Labute approximate surface area is 166 Å². The number of Topliss-reactive ketones (excluding diaryl/α,β-unsaturated/α-hetero) is 1. The van der Waals surface area contributed by atoms with Gasteiger partial charge in [0.15, 0.2) is 11.6 Å². The summed E-state index contributed by atoms with van der Waals surface area (Å²) >= 11 is 0. The maximum atomic E-state index is 13.0. The smallest absolute Gasteiger partial charge is 0.294 e. The van der Waals surface area contributed by atoms with E-state index in [1.165, 1.54) is 19.2 Å². The lowest BCUT2D eigenvalue weighted by Gasteiger charge is -2.10. The summed E-state index contributed by atoms with van der Waals surface area (Å²) in [5, 5.41) is 4.31. The van der Waals surface area contributed by atoms with Crippen LogP contribution in [0, 0.1) is 6.92 Å². The number of ketones is 1. The van der Waals surface area contributed by atoms with Crippen LogP contribution in [0.2, 0.25) is 0 Å². The quantitative estimate of drug-likeness (QED) is 0.406. The summed E-state index contributed by atoms with van der Waals surface area (Å²) in [6, 6.07) is 12.7. The van der Waals surface area contributed by atoms with Crippen LogP contribution in [0.4, 0.5) is 19.0 Å². The van der Waals surface area contributed by atoms with Crippen LogP contribution in [0.1, 0.15) is 40.9 Å². The third-order valence-electron chi connectivity index (χ3n) is 4.48. The van der Waals surface area contributed by atoms with Crippen molar-refractivity contribution in [2.45, 2.75) is 33.4 Å². The Morgan fingerprint density at radius 2 is 1.83 bits per heavy atom. The largest absolute Gasteiger partial charge is 0.416 e. The molecule has 150 valence electrons. The summed E-state index contributed by atoms with van der Waals surface area (Å²) in [5.41, 5.74) is 2.46. The number of benzene rings is 2. The zero-order valence-corrected chi connectivity index (χ0v) is 16.3. The number of hydrogen-bond acceptors (Lipinski definition) is 3. The van der Waals surface area contributed by atoms with E-state index in [0.717, 1.165) is 23.4 Å². The van der Waals surface area contributed by atoms with E-state index in [0.29, 0.717) is 22.7 Å². The van der Waals surface area contributed by atoms with Crippen molar-refractivity contribution in [2.24, 2.45) is 4.99 Å². The summed E-state index contributed by atoms with van der Waals surface area (Å²) in [4.78, 5) is 16.6. The van der Waals surface area contributed by atoms with Crippen LogP contribution < -0.4 is 0 Å². The van der Waals surface area contributed by atoms with E-state index in [1.807, 2.05) is 31.2 Å². The van der Waals surface area contributed by atoms with Crippen LogP contribution in [-0.4, -0.2) is 21.3 Å². The molecule has 0 N–H and O–H groups in total. The van der Waals surface area contributed by atoms with E-state index in [2.05, 4.69) is 10.1 Å². The molecular formula is C22H20F3N3O. The normalized spacial score (nSPS) is 12.3. The second kappa shape index (κ2) is 8.03. The van der Waals surface area contributed by atoms with Crippen LogP contribution in [0.15, 0.2) is 59.7 Å². The number of halogens is 3. The van der Waals surface area contributed by atoms with Gasteiger partial charge in [-0.25, -0.2) is 9.67 Å². The number of rotatable bonds is 5. The van der Waals surface area contributed by atoms with Crippen LogP contribution in [-0.2, 0) is 12.6 Å². The molecule has 0 fully saturated rings. The third kappa shape index (κ3) is 4.62. The van der Waals surface area contributed by atoms with Crippen molar-refractivity contribution in [3.8, 4) is 5.69 Å². The Morgan fingerprint density at radius 3 is 2.48 bits per heavy atom. The minimum atomic E-state index is -4.40. The lowest BCUT2D eigenvalue weighted by atomic mass is 10.1. The molecule has 0 amide bonds. The summed E-state index contributed by atoms with van der Waals surface area (Å²) in [5.74, 6) is 0.187. The molecule has 0 atom stereocenters. The van der Waals surface area contributed by atoms with Gasteiger partial charge in [0, 0.05) is 12.1 Å². The molecule has 7 heteroatoms. The van der Waals surface area contributed by atoms with Gasteiger partial charge in [-0.1, -0.05) is 36.4 Å². The number of alkyl halides is 3. The summed E-state index contributed by atoms with van der Waals surface area (Å²) in [7, 11) is 0. The molecule has 0 saturated heterocycles. The molecule has 0 saturated carbocycles. The molecule has 4 nitrogen and oxygen atoms in total. The van der Waals surface area contributed by atoms with Gasteiger partial charge >= 0.3 is 6.18 Å².